The van der Waals surface area contributed by atoms with E-state index in [1.165, 1.54) is 6.33 Å². The monoisotopic (exact) mass is 384 g/mol. The van der Waals surface area contributed by atoms with Gasteiger partial charge in [0.15, 0.2) is 0 Å². The van der Waals surface area contributed by atoms with Gasteiger partial charge in [0.05, 0.1) is 24.7 Å². The van der Waals surface area contributed by atoms with E-state index in [2.05, 4.69) is 19.7 Å². The Morgan fingerprint density at radius 2 is 1.85 bits per heavy atom. The van der Waals surface area contributed by atoms with E-state index in [1.807, 2.05) is 6.08 Å². The zero-order chi connectivity index (χ0) is 20.4. The maximum absolute atomic E-state index is 11.5. The maximum atomic E-state index is 11.5. The van der Waals surface area contributed by atoms with Gasteiger partial charge >= 0.3 is 11.9 Å². The van der Waals surface area contributed by atoms with Crippen LogP contribution in [0, 0.1) is 0 Å². The number of nitrogens with zero attached hydrogens (tertiary/aromatic N) is 1. The van der Waals surface area contributed by atoms with Gasteiger partial charge in [-0.1, -0.05) is 6.08 Å². The first-order chi connectivity index (χ1) is 12.8. The largest absolute Gasteiger partial charge is 0.394 e. The average molecular weight is 384 g/mol. The third-order valence-electron chi connectivity index (χ3n) is 3.66. The molecule has 0 saturated heterocycles. The summed E-state index contributed by atoms with van der Waals surface area (Å²) in [6.45, 7) is 1.84. The number of aromatic nitrogens is 2. The molecule has 1 aromatic rings. The van der Waals surface area contributed by atoms with Gasteiger partial charge in [0.2, 0.25) is 0 Å². The average Bonchev–Trinajstić information content (AvgIpc) is 3.04. The number of hydrogen-bond acceptors (Lipinski definition) is 9. The summed E-state index contributed by atoms with van der Waals surface area (Å²) in [5, 5.41) is 27.5. The number of rotatable bonds is 6. The van der Waals surface area contributed by atoms with Gasteiger partial charge in [0, 0.05) is 19.4 Å². The van der Waals surface area contributed by atoms with Crippen molar-refractivity contribution in [3.05, 3.63) is 34.0 Å². The molecule has 0 aliphatic heterocycles. The molecule has 4 N–H and O–H groups in total. The van der Waals surface area contributed by atoms with Crippen molar-refractivity contribution < 1.29 is 34.7 Å². The van der Waals surface area contributed by atoms with E-state index < -0.39 is 30.8 Å². The number of aliphatic hydroxyl groups excluding tert-OH is 3. The second-order valence-corrected chi connectivity index (χ2v) is 5.85. The van der Waals surface area contributed by atoms with Crippen LogP contribution >= 0.6 is 0 Å². The van der Waals surface area contributed by atoms with Crippen LogP contribution in [0.5, 0.6) is 0 Å². The molecule has 150 valence electrons. The van der Waals surface area contributed by atoms with Crippen molar-refractivity contribution in [2.75, 3.05) is 6.61 Å². The topological polar surface area (TPSA) is 159 Å². The highest BCUT2D eigenvalue weighted by Crippen LogP contribution is 2.27. The summed E-state index contributed by atoms with van der Waals surface area (Å²) in [4.78, 5) is 45.6. The standard InChI is InChI=1S/C13H18N2O4.C4H6O4/c16-6-11(18)10(17)3-1-2-8-4-5-9-12(8)14-7-15-13(9)19;1-3(5)7-8-4(2)6/h4,7,10-11,16-18H,1-3,5-6H2,(H,14,15,19);1-2H3. The highest BCUT2D eigenvalue weighted by Gasteiger charge is 2.19. The Labute approximate surface area is 155 Å². The predicted octanol–water partition coefficient (Wildman–Crippen LogP) is -0.379. The zero-order valence-corrected chi connectivity index (χ0v) is 15.2. The zero-order valence-electron chi connectivity index (χ0n) is 15.2. The number of fused-ring (bicyclic) bond motifs is 1. The normalized spacial score (nSPS) is 14.2. The van der Waals surface area contributed by atoms with Crippen LogP contribution in [-0.2, 0) is 25.8 Å². The molecule has 0 radical (unpaired) electrons. The summed E-state index contributed by atoms with van der Waals surface area (Å²) < 4.78 is 0. The summed E-state index contributed by atoms with van der Waals surface area (Å²) in [7, 11) is 0. The second-order valence-electron chi connectivity index (χ2n) is 5.85. The van der Waals surface area contributed by atoms with Crippen LogP contribution in [0.15, 0.2) is 17.2 Å². The molecule has 1 aliphatic rings. The highest BCUT2D eigenvalue weighted by atomic mass is 17.2. The first-order valence-electron chi connectivity index (χ1n) is 8.34. The molecule has 27 heavy (non-hydrogen) atoms. The number of allylic oxidation sites excluding steroid dienone is 2. The van der Waals surface area contributed by atoms with Crippen LogP contribution in [0.1, 0.15) is 44.4 Å². The summed E-state index contributed by atoms with van der Waals surface area (Å²) in [5.74, 6) is -1.28. The van der Waals surface area contributed by atoms with Crippen molar-refractivity contribution in [2.45, 2.75) is 51.7 Å². The minimum atomic E-state index is -1.09. The van der Waals surface area contributed by atoms with Gasteiger partial charge < -0.3 is 20.3 Å². The van der Waals surface area contributed by atoms with Crippen molar-refractivity contribution in [1.82, 2.24) is 9.97 Å². The quantitative estimate of drug-likeness (QED) is 0.379. The van der Waals surface area contributed by atoms with Crippen LogP contribution in [-0.4, -0.2) is 56.0 Å². The third-order valence-corrected chi connectivity index (χ3v) is 3.66. The van der Waals surface area contributed by atoms with E-state index in [0.29, 0.717) is 31.2 Å². The van der Waals surface area contributed by atoms with Crippen molar-refractivity contribution in [3.63, 3.8) is 0 Å². The second kappa shape index (κ2) is 11.2. The van der Waals surface area contributed by atoms with E-state index in [0.717, 1.165) is 25.1 Å². The minimum absolute atomic E-state index is 0.105. The van der Waals surface area contributed by atoms with Gasteiger partial charge in [0.1, 0.15) is 6.10 Å². The Balaban J connectivity index is 0.000000387. The van der Waals surface area contributed by atoms with Crippen molar-refractivity contribution >= 4 is 17.5 Å². The number of nitrogens with one attached hydrogen (secondary N) is 1. The van der Waals surface area contributed by atoms with E-state index in [4.69, 9.17) is 5.11 Å². The minimum Gasteiger partial charge on any atom is -0.394 e. The van der Waals surface area contributed by atoms with Crippen molar-refractivity contribution in [3.8, 4) is 0 Å². The van der Waals surface area contributed by atoms with Crippen molar-refractivity contribution in [1.29, 1.82) is 0 Å². The lowest BCUT2D eigenvalue weighted by Crippen LogP contribution is -2.29. The number of hydrogen-bond donors (Lipinski definition) is 4. The Kier molecular flexibility index (Phi) is 9.34. The number of carbonyl (C=O) groups is 2. The first-order valence-corrected chi connectivity index (χ1v) is 8.34. The third kappa shape index (κ3) is 7.69. The van der Waals surface area contributed by atoms with Crippen LogP contribution < -0.4 is 5.56 Å². The number of aromatic amines is 1. The SMILES string of the molecule is CC(=O)OOC(C)=O.O=c1[nH]cnc2c1CC=C2CCCC(O)C(O)CO. The summed E-state index contributed by atoms with van der Waals surface area (Å²) in [6.07, 6.45) is 3.71. The first kappa shape index (κ1) is 22.5. The molecule has 1 aliphatic carbocycles. The van der Waals surface area contributed by atoms with Gasteiger partial charge in [-0.05, 0) is 31.3 Å². The van der Waals surface area contributed by atoms with Gasteiger partial charge in [0.25, 0.3) is 5.56 Å². The lowest BCUT2D eigenvalue weighted by molar-refractivity contribution is -0.255. The van der Waals surface area contributed by atoms with E-state index in [1.54, 1.807) is 0 Å². The van der Waals surface area contributed by atoms with Crippen LogP contribution in [0.4, 0.5) is 0 Å². The molecule has 0 fully saturated rings. The molecule has 0 spiro atoms. The molecule has 0 bridgehead atoms. The molecule has 2 rings (SSSR count). The molecule has 1 heterocycles. The maximum Gasteiger partial charge on any atom is 0.352 e. The van der Waals surface area contributed by atoms with Gasteiger partial charge in [-0.3, -0.25) is 4.79 Å². The molecular formula is C17H24N2O8. The molecule has 0 saturated carbocycles. The van der Waals surface area contributed by atoms with Crippen LogP contribution in [0.25, 0.3) is 5.57 Å². The van der Waals surface area contributed by atoms with E-state index in [9.17, 15) is 24.6 Å². The smallest absolute Gasteiger partial charge is 0.352 e. The Hall–Kier alpha value is -2.56. The number of carbonyl (C=O) groups excluding carboxylic acids is 2. The molecule has 0 amide bonds. The summed E-state index contributed by atoms with van der Waals surface area (Å²) >= 11 is 0. The molecule has 2 atom stereocenters. The molecule has 0 aromatic carbocycles. The number of H-pyrrole nitrogens is 1. The Morgan fingerprint density at radius 1 is 1.22 bits per heavy atom. The fourth-order valence-corrected chi connectivity index (χ4v) is 2.37. The fraction of sp³-hybridized carbons (Fsp3) is 0.529. The Morgan fingerprint density at radius 3 is 2.41 bits per heavy atom. The summed E-state index contributed by atoms with van der Waals surface area (Å²) in [5.41, 5.74) is 2.33. The predicted molar refractivity (Wildman–Crippen MR) is 93.0 cm³/mol. The summed E-state index contributed by atoms with van der Waals surface area (Å²) in [6, 6.07) is 0. The fourth-order valence-electron chi connectivity index (χ4n) is 2.37. The lowest BCUT2D eigenvalue weighted by Gasteiger charge is -2.15. The van der Waals surface area contributed by atoms with Gasteiger partial charge in [-0.15, -0.1) is 0 Å². The molecule has 10 nitrogen and oxygen atoms in total. The highest BCUT2D eigenvalue weighted by molar-refractivity contribution is 5.70. The van der Waals surface area contributed by atoms with Crippen molar-refractivity contribution in [2.24, 2.45) is 0 Å². The Bertz CT molecular complexity index is 714. The van der Waals surface area contributed by atoms with E-state index >= 15 is 0 Å². The van der Waals surface area contributed by atoms with E-state index in [-0.39, 0.29) is 5.56 Å². The number of aliphatic hydroxyl groups is 3. The molecular weight excluding hydrogens is 360 g/mol. The van der Waals surface area contributed by atoms with Crippen LogP contribution in [0.3, 0.4) is 0 Å². The van der Waals surface area contributed by atoms with Crippen LogP contribution in [0.2, 0.25) is 0 Å². The molecule has 1 aromatic heterocycles. The molecule has 2 unspecified atom stereocenters. The lowest BCUT2D eigenvalue weighted by atomic mass is 10.0. The van der Waals surface area contributed by atoms with Gasteiger partial charge in [-0.25, -0.2) is 24.3 Å². The van der Waals surface area contributed by atoms with Gasteiger partial charge in [-0.2, -0.15) is 0 Å². The molecule has 10 heteroatoms.